The van der Waals surface area contributed by atoms with E-state index in [1.807, 2.05) is 32.4 Å². The number of aromatic nitrogens is 2. The van der Waals surface area contributed by atoms with Crippen molar-refractivity contribution in [1.82, 2.24) is 14.3 Å². The molecule has 24 heavy (non-hydrogen) atoms. The first-order valence-electron chi connectivity index (χ1n) is 8.16. The highest BCUT2D eigenvalue weighted by molar-refractivity contribution is 6.39. The summed E-state index contributed by atoms with van der Waals surface area (Å²) in [4.78, 5) is 31.6. The molecule has 2 fully saturated rings. The summed E-state index contributed by atoms with van der Waals surface area (Å²) in [6.07, 6.45) is 6.28. The normalized spacial score (nSPS) is 18.9. The van der Waals surface area contributed by atoms with Crippen molar-refractivity contribution in [2.75, 3.05) is 18.5 Å². The zero-order valence-electron chi connectivity index (χ0n) is 14.1. The van der Waals surface area contributed by atoms with E-state index in [1.165, 1.54) is 17.5 Å². The maximum atomic E-state index is 12.4. The molecule has 1 aliphatic heterocycles. The summed E-state index contributed by atoms with van der Waals surface area (Å²) in [7, 11) is 5.30. The van der Waals surface area contributed by atoms with E-state index in [4.69, 9.17) is 5.73 Å². The number of pyridine rings is 1. The molecule has 3 heterocycles. The van der Waals surface area contributed by atoms with Crippen molar-refractivity contribution in [2.45, 2.75) is 24.1 Å². The number of imide groups is 1. The van der Waals surface area contributed by atoms with E-state index < -0.39 is 5.34 Å². The highest BCUT2D eigenvalue weighted by Crippen LogP contribution is 2.42. The molecule has 1 aliphatic carbocycles. The number of fused-ring (bicyclic) bond motifs is 1. The van der Waals surface area contributed by atoms with Crippen LogP contribution in [0.5, 0.6) is 0 Å². The number of rotatable bonds is 3. The van der Waals surface area contributed by atoms with Crippen molar-refractivity contribution in [1.29, 1.82) is 0 Å². The lowest BCUT2D eigenvalue weighted by molar-refractivity contribution is -0.123. The zero-order valence-corrected chi connectivity index (χ0v) is 14.1. The highest BCUT2D eigenvalue weighted by atomic mass is 16.2. The Balaban J connectivity index is 1.90. The summed E-state index contributed by atoms with van der Waals surface area (Å²) in [5.74, 6) is 0.317. The first-order chi connectivity index (χ1) is 11.3. The molecule has 122 valence electrons. The van der Waals surface area contributed by atoms with Gasteiger partial charge in [-0.05, 0) is 35.7 Å². The maximum Gasteiger partial charge on any atom is 0.331 e. The van der Waals surface area contributed by atoms with Crippen LogP contribution in [-0.4, -0.2) is 55.5 Å². The van der Waals surface area contributed by atoms with Crippen molar-refractivity contribution >= 4 is 39.0 Å². The minimum atomic E-state index is -0.579. The summed E-state index contributed by atoms with van der Waals surface area (Å²) in [5.41, 5.74) is 9.45. The second kappa shape index (κ2) is 4.86. The molecule has 1 saturated carbocycles. The predicted molar refractivity (Wildman–Crippen MR) is 95.6 cm³/mol. The van der Waals surface area contributed by atoms with E-state index in [9.17, 15) is 9.59 Å². The molecule has 1 saturated heterocycles. The van der Waals surface area contributed by atoms with E-state index >= 15 is 0 Å². The van der Waals surface area contributed by atoms with E-state index in [0.29, 0.717) is 17.3 Å². The van der Waals surface area contributed by atoms with Crippen LogP contribution in [0.15, 0.2) is 18.5 Å². The largest absolute Gasteiger partial charge is 0.334 e. The maximum absolute atomic E-state index is 12.4. The van der Waals surface area contributed by atoms with Crippen LogP contribution in [0.4, 0.5) is 10.5 Å². The van der Waals surface area contributed by atoms with Gasteiger partial charge in [-0.25, -0.2) is 9.78 Å². The molecule has 0 unspecified atom stereocenters. The Morgan fingerprint density at radius 2 is 2.00 bits per heavy atom. The quantitative estimate of drug-likeness (QED) is 0.577. The number of carbonyl (C=O) groups is 2. The van der Waals surface area contributed by atoms with Crippen LogP contribution in [-0.2, 0) is 10.1 Å². The summed E-state index contributed by atoms with van der Waals surface area (Å²) in [6.45, 7) is 0.0489. The highest BCUT2D eigenvalue weighted by Gasteiger charge is 2.36. The number of nitrogens with two attached hydrogens (primary N) is 1. The number of amides is 3. The Hall–Kier alpha value is -2.28. The molecule has 9 heteroatoms. The lowest BCUT2D eigenvalue weighted by atomic mass is 9.61. The van der Waals surface area contributed by atoms with E-state index in [-0.39, 0.29) is 18.5 Å². The monoisotopic (exact) mass is 323 g/mol. The fourth-order valence-corrected chi connectivity index (χ4v) is 3.04. The van der Waals surface area contributed by atoms with Crippen molar-refractivity contribution in [2.24, 2.45) is 5.73 Å². The molecular formula is C15H19B2N5O2. The Bertz CT molecular complexity index is 869. The molecule has 0 atom stereocenters. The van der Waals surface area contributed by atoms with E-state index in [0.717, 1.165) is 23.4 Å². The van der Waals surface area contributed by atoms with E-state index in [2.05, 4.69) is 11.2 Å². The van der Waals surface area contributed by atoms with Gasteiger partial charge in [0.05, 0.1) is 11.4 Å². The van der Waals surface area contributed by atoms with Gasteiger partial charge in [0.1, 0.15) is 22.2 Å². The number of carbonyl (C=O) groups excluding carboxylic acids is 2. The van der Waals surface area contributed by atoms with Crippen LogP contribution in [0, 0.1) is 0 Å². The van der Waals surface area contributed by atoms with Gasteiger partial charge in [0.2, 0.25) is 5.91 Å². The number of likely N-dealkylation sites (N-methyl/N-ethyl adjacent to an activating group) is 1. The van der Waals surface area contributed by atoms with Gasteiger partial charge in [-0.1, -0.05) is 0 Å². The van der Waals surface area contributed by atoms with Gasteiger partial charge in [0.15, 0.2) is 5.65 Å². The van der Waals surface area contributed by atoms with Gasteiger partial charge >= 0.3 is 6.03 Å². The smallest absolute Gasteiger partial charge is 0.331 e. The minimum Gasteiger partial charge on any atom is -0.334 e. The minimum absolute atomic E-state index is 0.0489. The second-order valence-corrected chi connectivity index (χ2v) is 7.33. The second-order valence-electron chi connectivity index (χ2n) is 7.33. The Morgan fingerprint density at radius 1 is 1.29 bits per heavy atom. The van der Waals surface area contributed by atoms with Gasteiger partial charge in [-0.3, -0.25) is 14.6 Å². The molecule has 0 aromatic carbocycles. The Morgan fingerprint density at radius 3 is 2.54 bits per heavy atom. The predicted octanol–water partition coefficient (Wildman–Crippen LogP) is -1.05. The summed E-state index contributed by atoms with van der Waals surface area (Å²) in [5, 5.41) is -0.579. The first-order valence-corrected chi connectivity index (χ1v) is 8.16. The molecule has 2 aliphatic rings. The molecule has 4 rings (SSSR count). The van der Waals surface area contributed by atoms with Crippen LogP contribution in [0.1, 0.15) is 30.0 Å². The third-order valence-electron chi connectivity index (χ3n) is 4.74. The fourth-order valence-electron chi connectivity index (χ4n) is 3.04. The summed E-state index contributed by atoms with van der Waals surface area (Å²) < 4.78 is 1.93. The molecule has 0 radical (unpaired) electrons. The van der Waals surface area contributed by atoms with Gasteiger partial charge < -0.3 is 10.1 Å². The molecule has 0 spiro atoms. The number of hydrogen-bond acceptors (Lipinski definition) is 4. The average molecular weight is 323 g/mol. The van der Waals surface area contributed by atoms with Crippen LogP contribution in [0.25, 0.3) is 5.65 Å². The zero-order chi connectivity index (χ0) is 17.2. The summed E-state index contributed by atoms with van der Waals surface area (Å²) in [6, 6.07) is 1.68. The average Bonchev–Trinajstić information content (AvgIpc) is 3.21. The van der Waals surface area contributed by atoms with Crippen molar-refractivity contribution in [3.05, 3.63) is 29.7 Å². The van der Waals surface area contributed by atoms with Crippen LogP contribution < -0.4 is 10.6 Å². The first kappa shape index (κ1) is 15.3. The number of anilines is 1. The molecule has 2 aromatic rings. The van der Waals surface area contributed by atoms with Crippen molar-refractivity contribution in [3.8, 4) is 0 Å². The molecule has 0 bridgehead atoms. The molecule has 2 N–H and O–H groups in total. The SMILES string of the molecule is BC(B)(N)c1cn2cc(C3CC3)cc(N3CC(=O)N(C)C3=O)c2n1. The van der Waals surface area contributed by atoms with Gasteiger partial charge in [-0.15, -0.1) is 0 Å². The summed E-state index contributed by atoms with van der Waals surface area (Å²) >= 11 is 0. The number of imidazole rings is 1. The third kappa shape index (κ3) is 2.31. The van der Waals surface area contributed by atoms with Crippen molar-refractivity contribution < 1.29 is 9.59 Å². The third-order valence-corrected chi connectivity index (χ3v) is 4.74. The molecular weight excluding hydrogens is 304 g/mol. The van der Waals surface area contributed by atoms with Crippen LogP contribution in [0.2, 0.25) is 0 Å². The molecule has 3 amide bonds. The van der Waals surface area contributed by atoms with Crippen molar-refractivity contribution in [3.63, 3.8) is 0 Å². The Kier molecular flexibility index (Phi) is 3.09. The topological polar surface area (TPSA) is 83.9 Å². The standard InChI is InChI=1S/C15H19B2N5O2/c1-20-12(23)7-22(14(20)24)10-4-9(8-2-3-8)5-21-6-11(15(16,17)18)19-13(10)21/h4-6,8H,2-3,7,16-18H2,1H3. The fraction of sp³-hybridized carbons (Fsp3) is 0.400. The molecule has 7 nitrogen and oxygen atoms in total. The van der Waals surface area contributed by atoms with Gasteiger partial charge in [0.25, 0.3) is 0 Å². The number of urea groups is 1. The number of nitrogens with zero attached hydrogens (tertiary/aromatic N) is 4. The Labute approximate surface area is 141 Å². The van der Waals surface area contributed by atoms with Crippen LogP contribution in [0.3, 0.4) is 0 Å². The number of hydrogen-bond donors (Lipinski definition) is 1. The van der Waals surface area contributed by atoms with Gasteiger partial charge in [0, 0.05) is 19.4 Å². The lowest BCUT2D eigenvalue weighted by Crippen LogP contribution is -2.37. The van der Waals surface area contributed by atoms with Crippen LogP contribution >= 0.6 is 0 Å². The van der Waals surface area contributed by atoms with Gasteiger partial charge in [-0.2, -0.15) is 0 Å². The lowest BCUT2D eigenvalue weighted by Gasteiger charge is -2.17. The van der Waals surface area contributed by atoms with E-state index in [1.54, 1.807) is 0 Å². The molecule has 2 aromatic heterocycles.